The van der Waals surface area contributed by atoms with Gasteiger partial charge in [-0.2, -0.15) is 0 Å². The lowest BCUT2D eigenvalue weighted by atomic mass is 10.1. The van der Waals surface area contributed by atoms with Crippen LogP contribution in [0.25, 0.3) is 0 Å². The molecule has 0 unspecified atom stereocenters. The first-order valence-corrected chi connectivity index (χ1v) is 10.2. The summed E-state index contributed by atoms with van der Waals surface area (Å²) in [6.07, 6.45) is 0.947. The lowest BCUT2D eigenvalue weighted by molar-refractivity contribution is -0.386. The number of thiophene rings is 1. The van der Waals surface area contributed by atoms with Gasteiger partial charge in [-0.1, -0.05) is 0 Å². The van der Waals surface area contributed by atoms with E-state index in [0.29, 0.717) is 4.57 Å². The van der Waals surface area contributed by atoms with Gasteiger partial charge in [0.2, 0.25) is 5.91 Å². The normalized spacial score (nSPS) is 10.3. The third-order valence-corrected chi connectivity index (χ3v) is 5.52. The van der Waals surface area contributed by atoms with Gasteiger partial charge in [0, 0.05) is 19.3 Å². The molecule has 0 saturated carbocycles. The monoisotopic (exact) mass is 480 g/mol. The first-order valence-electron chi connectivity index (χ1n) is 9.35. The molecule has 0 radical (unpaired) electrons. The molecule has 2 aromatic heterocycles. The summed E-state index contributed by atoms with van der Waals surface area (Å²) in [5.41, 5.74) is -2.10. The van der Waals surface area contributed by atoms with E-state index in [4.69, 9.17) is 4.74 Å². The fraction of sp³-hybridized carbons (Fsp3) is 0.316. The lowest BCUT2D eigenvalue weighted by Crippen LogP contribution is -2.29. The van der Waals surface area contributed by atoms with Gasteiger partial charge in [0.15, 0.2) is 0 Å². The second kappa shape index (κ2) is 10.5. The molecule has 2 N–H and O–H groups in total. The van der Waals surface area contributed by atoms with Crippen LogP contribution in [0.3, 0.4) is 0 Å². The van der Waals surface area contributed by atoms with Crippen LogP contribution in [-0.2, 0) is 20.8 Å². The number of carbonyl (C=O) groups excluding carboxylic acids is 4. The van der Waals surface area contributed by atoms with Crippen LogP contribution in [-0.4, -0.2) is 54.0 Å². The summed E-state index contributed by atoms with van der Waals surface area (Å²) < 4.78 is 10.2. The summed E-state index contributed by atoms with van der Waals surface area (Å²) in [5.74, 6) is -3.04. The molecular weight excluding hydrogens is 460 g/mol. The highest BCUT2D eigenvalue weighted by molar-refractivity contribution is 7.18. The number of methoxy groups -OCH3 is 1. The number of nitro groups is 1. The van der Waals surface area contributed by atoms with Crippen molar-refractivity contribution >= 4 is 45.8 Å². The second-order valence-electron chi connectivity index (χ2n) is 6.40. The van der Waals surface area contributed by atoms with Crippen LogP contribution in [0.1, 0.15) is 42.9 Å². The van der Waals surface area contributed by atoms with Gasteiger partial charge >= 0.3 is 23.2 Å². The van der Waals surface area contributed by atoms with E-state index in [1.165, 1.54) is 14.0 Å². The second-order valence-corrected chi connectivity index (χ2v) is 7.42. The van der Waals surface area contributed by atoms with E-state index in [2.05, 4.69) is 15.4 Å². The van der Waals surface area contributed by atoms with Gasteiger partial charge in [0.25, 0.3) is 5.91 Å². The standard InChI is InChI=1S/C19H20N4O9S/c1-5-32-19(28)13-9(2)14(15(25)20-3)33-16(13)21-12(24)8-22-7-10(18(27)31-4)6-11(17(22)26)23(29)30/h6-7H,5,8H2,1-4H3,(H,20,25)(H,21,24). The number of hydrogen-bond acceptors (Lipinski definition) is 10. The van der Waals surface area contributed by atoms with Gasteiger partial charge in [-0.3, -0.25) is 29.1 Å². The van der Waals surface area contributed by atoms with Crippen LogP contribution >= 0.6 is 11.3 Å². The van der Waals surface area contributed by atoms with E-state index in [1.54, 1.807) is 6.92 Å². The summed E-state index contributed by atoms with van der Waals surface area (Å²) in [6.45, 7) is 2.43. The number of carbonyl (C=O) groups is 4. The highest BCUT2D eigenvalue weighted by Gasteiger charge is 2.27. The van der Waals surface area contributed by atoms with E-state index in [-0.39, 0.29) is 33.2 Å². The molecule has 2 heterocycles. The minimum absolute atomic E-state index is 0.00113. The first-order chi connectivity index (χ1) is 15.5. The smallest absolute Gasteiger partial charge is 0.341 e. The van der Waals surface area contributed by atoms with Crippen molar-refractivity contribution < 1.29 is 33.6 Å². The Kier molecular flexibility index (Phi) is 8.01. The zero-order valence-electron chi connectivity index (χ0n) is 18.0. The Labute approximate surface area is 190 Å². The van der Waals surface area contributed by atoms with E-state index < -0.39 is 46.5 Å². The zero-order chi connectivity index (χ0) is 24.9. The van der Waals surface area contributed by atoms with Crippen LogP contribution in [0.4, 0.5) is 10.7 Å². The third kappa shape index (κ3) is 5.41. The quantitative estimate of drug-likeness (QED) is 0.318. The predicted molar refractivity (Wildman–Crippen MR) is 116 cm³/mol. The molecule has 0 spiro atoms. The lowest BCUT2D eigenvalue weighted by Gasteiger charge is -2.09. The zero-order valence-corrected chi connectivity index (χ0v) is 18.9. The molecule has 2 aromatic rings. The summed E-state index contributed by atoms with van der Waals surface area (Å²) >= 11 is 0.821. The van der Waals surface area contributed by atoms with E-state index in [1.807, 2.05) is 0 Å². The van der Waals surface area contributed by atoms with Crippen molar-refractivity contribution in [3.8, 4) is 0 Å². The molecule has 0 fully saturated rings. The Morgan fingerprint density at radius 1 is 1.24 bits per heavy atom. The van der Waals surface area contributed by atoms with Crippen molar-refractivity contribution in [3.63, 3.8) is 0 Å². The maximum atomic E-state index is 12.7. The molecule has 0 atom stereocenters. The number of rotatable bonds is 8. The average molecular weight is 480 g/mol. The summed E-state index contributed by atoms with van der Waals surface area (Å²) in [5, 5.41) is 16.0. The van der Waals surface area contributed by atoms with Crippen molar-refractivity contribution in [2.75, 3.05) is 26.1 Å². The maximum absolute atomic E-state index is 12.7. The van der Waals surface area contributed by atoms with Crippen molar-refractivity contribution in [1.29, 1.82) is 0 Å². The van der Waals surface area contributed by atoms with Gasteiger partial charge < -0.3 is 20.1 Å². The molecule has 2 amide bonds. The first kappa shape index (κ1) is 25.2. The number of nitrogens with zero attached hydrogens (tertiary/aromatic N) is 2. The Morgan fingerprint density at radius 2 is 1.91 bits per heavy atom. The molecule has 13 nitrogen and oxygen atoms in total. The molecule has 0 aliphatic heterocycles. The highest BCUT2D eigenvalue weighted by atomic mass is 32.1. The molecule has 0 aliphatic rings. The van der Waals surface area contributed by atoms with E-state index >= 15 is 0 Å². The molecule has 14 heteroatoms. The minimum atomic E-state index is -1.12. The number of nitrogens with one attached hydrogen (secondary N) is 2. The van der Waals surface area contributed by atoms with E-state index in [9.17, 15) is 34.1 Å². The number of hydrogen-bond donors (Lipinski definition) is 2. The molecule has 0 aromatic carbocycles. The fourth-order valence-corrected chi connectivity index (χ4v) is 3.96. The number of ether oxygens (including phenoxy) is 2. The van der Waals surface area contributed by atoms with Crippen LogP contribution in [0.2, 0.25) is 0 Å². The largest absolute Gasteiger partial charge is 0.465 e. The number of amides is 2. The summed E-state index contributed by atoms with van der Waals surface area (Å²) in [6, 6.07) is 0.750. The maximum Gasteiger partial charge on any atom is 0.341 e. The van der Waals surface area contributed by atoms with Gasteiger partial charge in [0.05, 0.1) is 34.6 Å². The van der Waals surface area contributed by atoms with Gasteiger partial charge in [-0.05, 0) is 19.4 Å². The predicted octanol–water partition coefficient (Wildman–Crippen LogP) is 1.09. The van der Waals surface area contributed by atoms with Crippen molar-refractivity contribution in [1.82, 2.24) is 9.88 Å². The molecule has 0 bridgehead atoms. The number of esters is 2. The Balaban J connectivity index is 2.46. The average Bonchev–Trinajstić information content (AvgIpc) is 3.09. The van der Waals surface area contributed by atoms with E-state index in [0.717, 1.165) is 30.7 Å². The fourth-order valence-electron chi connectivity index (χ4n) is 2.80. The molecular formula is C19H20N4O9S. The van der Waals surface area contributed by atoms with Crippen LogP contribution in [0.15, 0.2) is 17.1 Å². The Morgan fingerprint density at radius 3 is 2.45 bits per heavy atom. The topological polar surface area (TPSA) is 176 Å². The molecule has 176 valence electrons. The van der Waals surface area contributed by atoms with Crippen LogP contribution < -0.4 is 16.2 Å². The Hall–Kier alpha value is -4.07. The Bertz CT molecular complexity index is 1200. The van der Waals surface area contributed by atoms with Gasteiger partial charge in [0.1, 0.15) is 11.5 Å². The molecule has 33 heavy (non-hydrogen) atoms. The number of pyridine rings is 1. The molecule has 0 aliphatic carbocycles. The van der Waals surface area contributed by atoms with Crippen LogP contribution in [0.5, 0.6) is 0 Å². The molecule has 0 saturated heterocycles. The highest BCUT2D eigenvalue weighted by Crippen LogP contribution is 2.33. The SMILES string of the molecule is CCOC(=O)c1c(NC(=O)Cn2cc(C(=O)OC)cc([N+](=O)[O-])c2=O)sc(C(=O)NC)c1C. The summed E-state index contributed by atoms with van der Waals surface area (Å²) in [4.78, 5) is 71.7. The van der Waals surface area contributed by atoms with Gasteiger partial charge in [-0.15, -0.1) is 11.3 Å². The number of aromatic nitrogens is 1. The third-order valence-electron chi connectivity index (χ3n) is 4.31. The van der Waals surface area contributed by atoms with Crippen molar-refractivity contribution in [2.24, 2.45) is 0 Å². The summed E-state index contributed by atoms with van der Waals surface area (Å²) in [7, 11) is 2.45. The van der Waals surface area contributed by atoms with Crippen molar-refractivity contribution in [3.05, 3.63) is 54.3 Å². The van der Waals surface area contributed by atoms with Crippen molar-refractivity contribution in [2.45, 2.75) is 20.4 Å². The minimum Gasteiger partial charge on any atom is -0.465 e. The van der Waals surface area contributed by atoms with Crippen LogP contribution in [0, 0.1) is 17.0 Å². The number of anilines is 1. The molecule has 2 rings (SSSR count). The van der Waals surface area contributed by atoms with Gasteiger partial charge in [-0.25, -0.2) is 9.59 Å².